The van der Waals surface area contributed by atoms with Gasteiger partial charge in [0.1, 0.15) is 0 Å². The molecule has 1 rings (SSSR count). The first-order valence-corrected chi connectivity index (χ1v) is 6.92. The number of anilines is 1. The molecule has 18 heavy (non-hydrogen) atoms. The predicted octanol–water partition coefficient (Wildman–Crippen LogP) is 2.05. The first kappa shape index (κ1) is 15.1. The Kier molecular flexibility index (Phi) is 5.26. The van der Waals surface area contributed by atoms with Gasteiger partial charge in [0.05, 0.1) is 18.4 Å². The summed E-state index contributed by atoms with van der Waals surface area (Å²) in [5.74, 6) is 0.721. The Labute approximate surface area is 114 Å². The molecule has 0 spiro atoms. The van der Waals surface area contributed by atoms with E-state index in [1.54, 1.807) is 12.3 Å². The van der Waals surface area contributed by atoms with Crippen LogP contribution in [0.25, 0.3) is 0 Å². The molecule has 0 saturated carbocycles. The highest BCUT2D eigenvalue weighted by Crippen LogP contribution is 2.18. The summed E-state index contributed by atoms with van der Waals surface area (Å²) in [4.78, 5) is 14.0. The van der Waals surface area contributed by atoms with E-state index in [1.807, 2.05) is 11.9 Å². The molecule has 0 aliphatic rings. The Morgan fingerprint density at radius 2 is 2.17 bits per heavy atom. The lowest BCUT2D eigenvalue weighted by atomic mass is 9.97. The molecule has 0 aliphatic heterocycles. The molecule has 0 saturated heterocycles. The van der Waals surface area contributed by atoms with Crippen LogP contribution in [0.1, 0.15) is 27.2 Å². The summed E-state index contributed by atoms with van der Waals surface area (Å²) in [6.45, 7) is 7.78. The molecule has 0 unspecified atom stereocenters. The van der Waals surface area contributed by atoms with Gasteiger partial charge in [0.25, 0.3) is 5.56 Å². The summed E-state index contributed by atoms with van der Waals surface area (Å²) >= 11 is 4.29. The Bertz CT molecular complexity index is 442. The molecule has 0 aliphatic carbocycles. The van der Waals surface area contributed by atoms with E-state index in [0.717, 1.165) is 24.4 Å². The fourth-order valence-corrected chi connectivity index (χ4v) is 1.77. The van der Waals surface area contributed by atoms with Crippen LogP contribution in [0.5, 0.6) is 0 Å². The summed E-state index contributed by atoms with van der Waals surface area (Å²) in [7, 11) is 1.97. The van der Waals surface area contributed by atoms with Gasteiger partial charge < -0.3 is 4.90 Å². The molecule has 1 aromatic heterocycles. The van der Waals surface area contributed by atoms with Crippen LogP contribution in [0.4, 0.5) is 5.69 Å². The minimum absolute atomic E-state index is 0.0310. The van der Waals surface area contributed by atoms with Crippen LogP contribution in [0.3, 0.4) is 0 Å². The molecule has 0 bridgehead atoms. The van der Waals surface area contributed by atoms with Crippen LogP contribution >= 0.6 is 12.6 Å². The van der Waals surface area contributed by atoms with E-state index in [9.17, 15) is 4.79 Å². The van der Waals surface area contributed by atoms with Crippen LogP contribution in [-0.4, -0.2) is 29.1 Å². The topological polar surface area (TPSA) is 38.1 Å². The van der Waals surface area contributed by atoms with Gasteiger partial charge >= 0.3 is 0 Å². The zero-order valence-electron chi connectivity index (χ0n) is 11.7. The van der Waals surface area contributed by atoms with Gasteiger partial charge in [-0.1, -0.05) is 20.8 Å². The number of aromatic nitrogens is 2. The fourth-order valence-electron chi connectivity index (χ4n) is 1.67. The number of rotatable bonds is 6. The molecule has 1 heterocycles. The molecule has 0 aromatic carbocycles. The van der Waals surface area contributed by atoms with Crippen LogP contribution in [0.2, 0.25) is 0 Å². The quantitative estimate of drug-likeness (QED) is 0.803. The standard InChI is InChI=1S/C13H23N3OS/c1-5-6-15(4)11-7-12(17)16(14-8-11)9-13(2,3)10-18/h7-8,18H,5-6,9-10H2,1-4H3. The van der Waals surface area contributed by atoms with Crippen molar-refractivity contribution < 1.29 is 0 Å². The summed E-state index contributed by atoms with van der Waals surface area (Å²) in [6, 6.07) is 1.65. The average Bonchev–Trinajstić information content (AvgIpc) is 2.32. The van der Waals surface area contributed by atoms with Crippen molar-refractivity contribution >= 4 is 18.3 Å². The second-order valence-electron chi connectivity index (χ2n) is 5.45. The highest BCUT2D eigenvalue weighted by atomic mass is 32.1. The lowest BCUT2D eigenvalue weighted by Crippen LogP contribution is -2.32. The predicted molar refractivity (Wildman–Crippen MR) is 79.7 cm³/mol. The van der Waals surface area contributed by atoms with Crippen molar-refractivity contribution in [3.63, 3.8) is 0 Å². The van der Waals surface area contributed by atoms with Gasteiger partial charge in [0.15, 0.2) is 0 Å². The van der Waals surface area contributed by atoms with E-state index in [-0.39, 0.29) is 11.0 Å². The number of thiol groups is 1. The lowest BCUT2D eigenvalue weighted by molar-refractivity contribution is 0.325. The van der Waals surface area contributed by atoms with Crippen molar-refractivity contribution in [3.8, 4) is 0 Å². The van der Waals surface area contributed by atoms with Crippen molar-refractivity contribution in [1.82, 2.24) is 9.78 Å². The van der Waals surface area contributed by atoms with E-state index in [1.165, 1.54) is 4.68 Å². The van der Waals surface area contributed by atoms with Gasteiger partial charge in [-0.05, 0) is 17.6 Å². The monoisotopic (exact) mass is 269 g/mol. The van der Waals surface area contributed by atoms with Crippen LogP contribution < -0.4 is 10.5 Å². The summed E-state index contributed by atoms with van der Waals surface area (Å²) in [6.07, 6.45) is 2.80. The van der Waals surface area contributed by atoms with Crippen molar-refractivity contribution in [3.05, 3.63) is 22.6 Å². The molecule has 0 atom stereocenters. The SMILES string of the molecule is CCCN(C)c1cnn(CC(C)(C)CS)c(=O)c1. The Morgan fingerprint density at radius 1 is 1.50 bits per heavy atom. The van der Waals surface area contributed by atoms with Crippen LogP contribution in [-0.2, 0) is 6.54 Å². The Hall–Kier alpha value is -0.970. The second kappa shape index (κ2) is 6.27. The molecule has 0 amide bonds. The van der Waals surface area contributed by atoms with Crippen molar-refractivity contribution in [2.45, 2.75) is 33.7 Å². The zero-order valence-corrected chi connectivity index (χ0v) is 12.6. The van der Waals surface area contributed by atoms with Gasteiger partial charge in [0, 0.05) is 19.7 Å². The highest BCUT2D eigenvalue weighted by molar-refractivity contribution is 7.80. The van der Waals surface area contributed by atoms with Gasteiger partial charge in [-0.2, -0.15) is 17.7 Å². The number of hydrogen-bond donors (Lipinski definition) is 1. The van der Waals surface area contributed by atoms with E-state index in [2.05, 4.69) is 38.5 Å². The largest absolute Gasteiger partial charge is 0.373 e. The number of nitrogens with zero attached hydrogens (tertiary/aromatic N) is 3. The van der Waals surface area contributed by atoms with Crippen LogP contribution in [0, 0.1) is 5.41 Å². The third-order valence-electron chi connectivity index (χ3n) is 2.86. The molecule has 5 heteroatoms. The van der Waals surface area contributed by atoms with E-state index in [4.69, 9.17) is 0 Å². The first-order chi connectivity index (χ1) is 8.39. The second-order valence-corrected chi connectivity index (χ2v) is 5.77. The third-order valence-corrected chi connectivity index (χ3v) is 3.72. The first-order valence-electron chi connectivity index (χ1n) is 6.29. The molecule has 1 aromatic rings. The fraction of sp³-hybridized carbons (Fsp3) is 0.692. The van der Waals surface area contributed by atoms with Crippen molar-refractivity contribution in [2.75, 3.05) is 24.2 Å². The van der Waals surface area contributed by atoms with E-state index >= 15 is 0 Å². The molecule has 0 radical (unpaired) electrons. The molecular weight excluding hydrogens is 246 g/mol. The van der Waals surface area contributed by atoms with Gasteiger partial charge in [-0.25, -0.2) is 4.68 Å². The minimum atomic E-state index is -0.0506. The third kappa shape index (κ3) is 4.05. The average molecular weight is 269 g/mol. The highest BCUT2D eigenvalue weighted by Gasteiger charge is 2.18. The van der Waals surface area contributed by atoms with Gasteiger partial charge in [-0.15, -0.1) is 0 Å². The summed E-state index contributed by atoms with van der Waals surface area (Å²) < 4.78 is 1.51. The maximum Gasteiger partial charge on any atom is 0.268 e. The Morgan fingerprint density at radius 3 is 2.67 bits per heavy atom. The molecule has 0 N–H and O–H groups in total. The maximum atomic E-state index is 12.0. The molecule has 4 nitrogen and oxygen atoms in total. The Balaban J connectivity index is 2.90. The van der Waals surface area contributed by atoms with Gasteiger partial charge in [-0.3, -0.25) is 4.79 Å². The van der Waals surface area contributed by atoms with E-state index < -0.39 is 0 Å². The normalized spacial score (nSPS) is 11.6. The molecule has 102 valence electrons. The molecular formula is C13H23N3OS. The smallest absolute Gasteiger partial charge is 0.268 e. The van der Waals surface area contributed by atoms with E-state index in [0.29, 0.717) is 6.54 Å². The van der Waals surface area contributed by atoms with Gasteiger partial charge in [0.2, 0.25) is 0 Å². The number of hydrogen-bond acceptors (Lipinski definition) is 4. The van der Waals surface area contributed by atoms with Crippen molar-refractivity contribution in [1.29, 1.82) is 0 Å². The van der Waals surface area contributed by atoms with Crippen LogP contribution in [0.15, 0.2) is 17.1 Å². The van der Waals surface area contributed by atoms with Crippen molar-refractivity contribution in [2.24, 2.45) is 5.41 Å². The minimum Gasteiger partial charge on any atom is -0.373 e. The maximum absolute atomic E-state index is 12.0. The zero-order chi connectivity index (χ0) is 13.8. The molecule has 0 fully saturated rings. The summed E-state index contributed by atoms with van der Waals surface area (Å²) in [5, 5.41) is 4.24. The lowest BCUT2D eigenvalue weighted by Gasteiger charge is -2.23. The summed E-state index contributed by atoms with van der Waals surface area (Å²) in [5.41, 5.74) is 0.795.